The van der Waals surface area contributed by atoms with Crippen molar-refractivity contribution in [3.8, 4) is 0 Å². The number of rotatable bonds is 7. The fourth-order valence-corrected chi connectivity index (χ4v) is 7.84. The summed E-state index contributed by atoms with van der Waals surface area (Å²) in [6.07, 6.45) is 11.4. The molecular weight excluding hydrogens is 332 g/mol. The lowest BCUT2D eigenvalue weighted by Crippen LogP contribution is -2.49. The highest BCUT2D eigenvalue weighted by molar-refractivity contribution is 8.01. The van der Waals surface area contributed by atoms with Crippen molar-refractivity contribution in [3.63, 3.8) is 0 Å². The Morgan fingerprint density at radius 1 is 1.16 bits per heavy atom. The van der Waals surface area contributed by atoms with E-state index in [1.165, 1.54) is 38.5 Å². The minimum absolute atomic E-state index is 0.153. The van der Waals surface area contributed by atoms with Crippen molar-refractivity contribution in [1.29, 1.82) is 0 Å². The molecule has 4 saturated carbocycles. The van der Waals surface area contributed by atoms with Gasteiger partial charge in [-0.1, -0.05) is 0 Å². The molecule has 142 valence electrons. The van der Waals surface area contributed by atoms with E-state index in [4.69, 9.17) is 0 Å². The third kappa shape index (κ3) is 4.54. The molecule has 1 saturated heterocycles. The maximum absolute atomic E-state index is 12.3. The minimum atomic E-state index is -0.153. The zero-order valence-corrected chi connectivity index (χ0v) is 16.2. The van der Waals surface area contributed by atoms with Gasteiger partial charge in [-0.25, -0.2) is 0 Å². The second-order valence-electron chi connectivity index (χ2n) is 9.19. The normalized spacial score (nSPS) is 40.4. The maximum Gasteiger partial charge on any atom is 0.230 e. The number of nitrogens with zero attached hydrogens (tertiary/aromatic N) is 1. The first-order valence-corrected chi connectivity index (χ1v) is 11.4. The molecule has 5 rings (SSSR count). The van der Waals surface area contributed by atoms with Crippen molar-refractivity contribution in [2.45, 2.75) is 68.6 Å². The molecule has 5 heteroatoms. The first kappa shape index (κ1) is 18.1. The summed E-state index contributed by atoms with van der Waals surface area (Å²) < 4.78 is 0.441. The van der Waals surface area contributed by atoms with Crippen LogP contribution < -0.4 is 5.32 Å². The van der Waals surface area contributed by atoms with Gasteiger partial charge in [0.1, 0.15) is 0 Å². The van der Waals surface area contributed by atoms with E-state index >= 15 is 0 Å². The SMILES string of the molecule is O=C(CSC12CC3CC(CC(C3)C1)C2)NCCCN1CCCC(O)C1. The number of hydrogen-bond donors (Lipinski definition) is 2. The van der Waals surface area contributed by atoms with E-state index in [0.717, 1.165) is 63.2 Å². The summed E-state index contributed by atoms with van der Waals surface area (Å²) in [5.74, 6) is 3.75. The average molecular weight is 367 g/mol. The van der Waals surface area contributed by atoms with Gasteiger partial charge in [0.05, 0.1) is 11.9 Å². The lowest BCUT2D eigenvalue weighted by molar-refractivity contribution is -0.118. The number of likely N-dealkylation sites (tertiary alicyclic amines) is 1. The maximum atomic E-state index is 12.3. The van der Waals surface area contributed by atoms with Crippen LogP contribution in [0.15, 0.2) is 0 Å². The summed E-state index contributed by atoms with van der Waals surface area (Å²) >= 11 is 1.97. The molecule has 0 aromatic rings. The van der Waals surface area contributed by atoms with Gasteiger partial charge < -0.3 is 15.3 Å². The van der Waals surface area contributed by atoms with E-state index in [2.05, 4.69) is 10.2 Å². The minimum Gasteiger partial charge on any atom is -0.392 e. The lowest BCUT2D eigenvalue weighted by atomic mass is 9.56. The van der Waals surface area contributed by atoms with Crippen LogP contribution in [-0.4, -0.2) is 58.7 Å². The van der Waals surface area contributed by atoms with E-state index in [1.54, 1.807) is 0 Å². The molecule has 1 atom stereocenters. The highest BCUT2D eigenvalue weighted by Gasteiger charge is 2.51. The van der Waals surface area contributed by atoms with E-state index < -0.39 is 0 Å². The fraction of sp³-hybridized carbons (Fsp3) is 0.950. The van der Waals surface area contributed by atoms with E-state index in [-0.39, 0.29) is 12.0 Å². The second kappa shape index (κ2) is 7.77. The van der Waals surface area contributed by atoms with Crippen molar-refractivity contribution in [3.05, 3.63) is 0 Å². The van der Waals surface area contributed by atoms with Crippen LogP contribution in [0.2, 0.25) is 0 Å². The Kier molecular flexibility index (Phi) is 5.63. The zero-order valence-electron chi connectivity index (χ0n) is 15.4. The third-order valence-electron chi connectivity index (χ3n) is 6.95. The monoisotopic (exact) mass is 366 g/mol. The largest absolute Gasteiger partial charge is 0.392 e. The van der Waals surface area contributed by atoms with Crippen LogP contribution in [0.4, 0.5) is 0 Å². The van der Waals surface area contributed by atoms with Crippen LogP contribution in [0.1, 0.15) is 57.8 Å². The Hall–Kier alpha value is -0.260. The molecule has 1 aliphatic heterocycles. The van der Waals surface area contributed by atoms with Crippen LogP contribution in [0.25, 0.3) is 0 Å². The second-order valence-corrected chi connectivity index (χ2v) is 10.6. The highest BCUT2D eigenvalue weighted by atomic mass is 32.2. The third-order valence-corrected chi connectivity index (χ3v) is 8.46. The predicted octanol–water partition coefficient (Wildman–Crippen LogP) is 2.65. The summed E-state index contributed by atoms with van der Waals surface area (Å²) in [7, 11) is 0. The number of hydrogen-bond acceptors (Lipinski definition) is 4. The Bertz CT molecular complexity index is 449. The van der Waals surface area contributed by atoms with Gasteiger partial charge >= 0.3 is 0 Å². The van der Waals surface area contributed by atoms with Crippen LogP contribution in [0.5, 0.6) is 0 Å². The van der Waals surface area contributed by atoms with Gasteiger partial charge in [-0.2, -0.15) is 0 Å². The fourth-order valence-electron chi connectivity index (χ4n) is 6.24. The van der Waals surface area contributed by atoms with Crippen molar-refractivity contribution >= 4 is 17.7 Å². The molecule has 4 nitrogen and oxygen atoms in total. The topological polar surface area (TPSA) is 52.6 Å². The number of thioether (sulfide) groups is 1. The molecular formula is C20H34N2O2S. The number of nitrogens with one attached hydrogen (secondary N) is 1. The predicted molar refractivity (Wildman–Crippen MR) is 103 cm³/mol. The number of carbonyl (C=O) groups excluding carboxylic acids is 1. The van der Waals surface area contributed by atoms with Gasteiger partial charge in [0, 0.05) is 17.8 Å². The van der Waals surface area contributed by atoms with E-state index in [9.17, 15) is 9.90 Å². The molecule has 1 amide bonds. The summed E-state index contributed by atoms with van der Waals surface area (Å²) in [5, 5.41) is 12.8. The molecule has 0 radical (unpaired) electrons. The van der Waals surface area contributed by atoms with E-state index in [1.807, 2.05) is 11.8 Å². The quantitative estimate of drug-likeness (QED) is 0.680. The molecule has 1 unspecified atom stereocenters. The summed E-state index contributed by atoms with van der Waals surface area (Å²) in [5.41, 5.74) is 0. The van der Waals surface area contributed by atoms with Gasteiger partial charge in [-0.15, -0.1) is 11.8 Å². The standard InChI is InChI=1S/C20H34N2O2S/c23-18-3-1-5-22(13-18)6-2-4-21-19(24)14-25-20-10-15-7-16(11-20)9-17(8-15)12-20/h15-18,23H,1-14H2,(H,21,24). The number of aliphatic hydroxyl groups excluding tert-OH is 1. The lowest BCUT2D eigenvalue weighted by Gasteiger charge is -2.56. The molecule has 0 spiro atoms. The van der Waals surface area contributed by atoms with E-state index in [0.29, 0.717) is 10.5 Å². The first-order valence-electron chi connectivity index (χ1n) is 10.4. The van der Waals surface area contributed by atoms with Crippen molar-refractivity contribution in [2.24, 2.45) is 17.8 Å². The number of amides is 1. The Morgan fingerprint density at radius 3 is 2.48 bits per heavy atom. The molecule has 4 bridgehead atoms. The van der Waals surface area contributed by atoms with Crippen molar-refractivity contribution < 1.29 is 9.90 Å². The molecule has 25 heavy (non-hydrogen) atoms. The molecule has 1 heterocycles. The Labute approximate surface area is 156 Å². The van der Waals surface area contributed by atoms with Gasteiger partial charge in [-0.3, -0.25) is 4.79 Å². The molecule has 5 fully saturated rings. The number of aliphatic hydroxyl groups is 1. The highest BCUT2D eigenvalue weighted by Crippen LogP contribution is 2.60. The van der Waals surface area contributed by atoms with Crippen LogP contribution in [0, 0.1) is 17.8 Å². The summed E-state index contributed by atoms with van der Waals surface area (Å²) in [4.78, 5) is 14.6. The van der Waals surface area contributed by atoms with Gasteiger partial charge in [0.2, 0.25) is 5.91 Å². The van der Waals surface area contributed by atoms with Crippen LogP contribution in [-0.2, 0) is 4.79 Å². The number of piperidine rings is 1. The number of β-amino-alcohol motifs (C(OH)–C–C–N with tert-alkyl or cyclic N) is 1. The van der Waals surface area contributed by atoms with Gasteiger partial charge in [-0.05, 0) is 88.6 Å². The average Bonchev–Trinajstić information content (AvgIpc) is 2.56. The molecule has 5 aliphatic rings. The summed E-state index contributed by atoms with van der Waals surface area (Å²) in [6.45, 7) is 3.65. The van der Waals surface area contributed by atoms with Crippen LogP contribution >= 0.6 is 11.8 Å². The first-order chi connectivity index (χ1) is 12.1. The van der Waals surface area contributed by atoms with Gasteiger partial charge in [0.25, 0.3) is 0 Å². The van der Waals surface area contributed by atoms with Crippen molar-refractivity contribution in [2.75, 3.05) is 31.9 Å². The zero-order chi connectivity index (χ0) is 17.3. The summed E-state index contributed by atoms with van der Waals surface area (Å²) in [6, 6.07) is 0. The Balaban J connectivity index is 1.13. The molecule has 2 N–H and O–H groups in total. The smallest absolute Gasteiger partial charge is 0.230 e. The molecule has 0 aromatic carbocycles. The van der Waals surface area contributed by atoms with Crippen molar-refractivity contribution in [1.82, 2.24) is 10.2 Å². The Morgan fingerprint density at radius 2 is 1.84 bits per heavy atom. The van der Waals surface area contributed by atoms with Crippen LogP contribution in [0.3, 0.4) is 0 Å². The molecule has 4 aliphatic carbocycles. The molecule has 0 aromatic heterocycles. The van der Waals surface area contributed by atoms with Gasteiger partial charge in [0.15, 0.2) is 0 Å². The number of carbonyl (C=O) groups is 1.